The van der Waals surface area contributed by atoms with Crippen LogP contribution in [0.1, 0.15) is 21.5 Å². The average molecular weight is 515 g/mol. The van der Waals surface area contributed by atoms with E-state index in [1.165, 1.54) is 6.08 Å². The van der Waals surface area contributed by atoms with Crippen LogP contribution in [-0.2, 0) is 0 Å². The van der Waals surface area contributed by atoms with Crippen molar-refractivity contribution in [3.05, 3.63) is 83.7 Å². The van der Waals surface area contributed by atoms with Gasteiger partial charge in [0, 0.05) is 52.3 Å². The summed E-state index contributed by atoms with van der Waals surface area (Å²) in [5, 5.41) is 4.09. The Hall–Kier alpha value is -4.85. The predicted octanol–water partition coefficient (Wildman–Crippen LogP) is 6.19. The number of methoxy groups -OCH3 is 5. The molecule has 8 nitrogen and oxygen atoms in total. The first kappa shape index (κ1) is 26.2. The van der Waals surface area contributed by atoms with Crippen LogP contribution in [0.5, 0.6) is 28.7 Å². The monoisotopic (exact) mass is 514 g/mol. The third-order valence-electron chi connectivity index (χ3n) is 6.03. The number of allylic oxidation sites excluding steroid dienone is 1. The summed E-state index contributed by atoms with van der Waals surface area (Å²) in [5.41, 5.74) is 3.88. The first-order valence-electron chi connectivity index (χ1n) is 11.8. The molecular weight excluding hydrogens is 484 g/mol. The Morgan fingerprint density at radius 1 is 0.789 bits per heavy atom. The maximum absolute atomic E-state index is 12.9. The summed E-state index contributed by atoms with van der Waals surface area (Å²) in [6.07, 6.45) is 8.67. The van der Waals surface area contributed by atoms with Crippen LogP contribution in [0.3, 0.4) is 0 Å². The molecule has 0 atom stereocenters. The molecule has 0 saturated heterocycles. The molecular formula is C30H30N2O6. The number of aromatic amines is 1. The number of carbonyl (C=O) groups is 1. The van der Waals surface area contributed by atoms with E-state index in [1.807, 2.05) is 60.7 Å². The summed E-state index contributed by atoms with van der Waals surface area (Å²) in [6, 6.07) is 15.1. The lowest BCUT2D eigenvalue weighted by Crippen LogP contribution is -1.98. The fourth-order valence-electron chi connectivity index (χ4n) is 4.11. The van der Waals surface area contributed by atoms with Gasteiger partial charge in [0.15, 0.2) is 28.8 Å². The second kappa shape index (κ2) is 11.9. The fraction of sp³-hybridized carbons (Fsp3) is 0.167. The van der Waals surface area contributed by atoms with Crippen molar-refractivity contribution in [3.8, 4) is 28.7 Å². The van der Waals surface area contributed by atoms with Gasteiger partial charge in [0.25, 0.3) is 0 Å². The number of hydrogen-bond acceptors (Lipinski definition) is 7. The molecule has 4 rings (SSSR count). The average Bonchev–Trinajstić information content (AvgIpc) is 3.39. The molecule has 0 aliphatic rings. The number of benzene rings is 3. The molecule has 0 aliphatic carbocycles. The number of H-pyrrole nitrogens is 1. The van der Waals surface area contributed by atoms with Gasteiger partial charge in [-0.3, -0.25) is 4.79 Å². The molecule has 3 aromatic carbocycles. The topological polar surface area (TPSA) is 91.0 Å². The van der Waals surface area contributed by atoms with E-state index < -0.39 is 0 Å². The van der Waals surface area contributed by atoms with E-state index >= 15 is 0 Å². The SMILES string of the molecule is COc1cc(C=Cc2cc(OC)c(OC)c(OC)c2)c(N/C=C\C(=O)c2c[nH]c3ccccc23)cc1OC. The zero-order chi connectivity index (χ0) is 27.1. The van der Waals surface area contributed by atoms with Crippen LogP contribution in [0.15, 0.2) is 67.0 Å². The van der Waals surface area contributed by atoms with Gasteiger partial charge in [-0.15, -0.1) is 0 Å². The zero-order valence-corrected chi connectivity index (χ0v) is 22.0. The van der Waals surface area contributed by atoms with Crippen LogP contribution in [0, 0.1) is 0 Å². The lowest BCUT2D eigenvalue weighted by atomic mass is 10.1. The third kappa shape index (κ3) is 5.44. The number of aromatic nitrogens is 1. The van der Waals surface area contributed by atoms with Crippen molar-refractivity contribution >= 4 is 34.5 Å². The van der Waals surface area contributed by atoms with Crippen molar-refractivity contribution in [3.63, 3.8) is 0 Å². The number of hydrogen-bond donors (Lipinski definition) is 2. The van der Waals surface area contributed by atoms with Crippen LogP contribution in [0.2, 0.25) is 0 Å². The van der Waals surface area contributed by atoms with E-state index in [1.54, 1.807) is 47.9 Å². The molecule has 1 heterocycles. The number of para-hydroxylation sites is 1. The number of fused-ring (bicyclic) bond motifs is 1. The van der Waals surface area contributed by atoms with E-state index in [-0.39, 0.29) is 5.78 Å². The maximum Gasteiger partial charge on any atom is 0.203 e. The third-order valence-corrected chi connectivity index (χ3v) is 6.03. The van der Waals surface area contributed by atoms with Crippen LogP contribution >= 0.6 is 0 Å². The van der Waals surface area contributed by atoms with E-state index in [0.29, 0.717) is 40.0 Å². The van der Waals surface area contributed by atoms with Crippen molar-refractivity contribution in [1.29, 1.82) is 0 Å². The minimum Gasteiger partial charge on any atom is -0.493 e. The molecule has 0 fully saturated rings. The lowest BCUT2D eigenvalue weighted by molar-refractivity contribution is 0.104. The van der Waals surface area contributed by atoms with Crippen LogP contribution in [-0.4, -0.2) is 46.3 Å². The van der Waals surface area contributed by atoms with Crippen LogP contribution < -0.4 is 29.0 Å². The van der Waals surface area contributed by atoms with E-state index in [0.717, 1.165) is 22.0 Å². The largest absolute Gasteiger partial charge is 0.493 e. The Labute approximate surface area is 221 Å². The highest BCUT2D eigenvalue weighted by Gasteiger charge is 2.13. The normalized spacial score (nSPS) is 11.2. The van der Waals surface area contributed by atoms with Gasteiger partial charge in [-0.05, 0) is 29.8 Å². The molecule has 2 N–H and O–H groups in total. The molecule has 8 heteroatoms. The molecule has 0 spiro atoms. The van der Waals surface area contributed by atoms with Crippen molar-refractivity contribution < 1.29 is 28.5 Å². The van der Waals surface area contributed by atoms with E-state index in [4.69, 9.17) is 23.7 Å². The number of ketones is 1. The summed E-state index contributed by atoms with van der Waals surface area (Å²) < 4.78 is 27.3. The number of ether oxygens (including phenoxy) is 5. The number of nitrogens with one attached hydrogen (secondary N) is 2. The number of rotatable bonds is 11. The predicted molar refractivity (Wildman–Crippen MR) is 150 cm³/mol. The molecule has 1 aromatic heterocycles. The minimum atomic E-state index is -0.120. The molecule has 4 aromatic rings. The highest BCUT2D eigenvalue weighted by molar-refractivity contribution is 6.13. The summed E-state index contributed by atoms with van der Waals surface area (Å²) in [5.74, 6) is 2.63. The highest BCUT2D eigenvalue weighted by Crippen LogP contribution is 2.39. The van der Waals surface area contributed by atoms with Gasteiger partial charge in [-0.1, -0.05) is 30.4 Å². The molecule has 0 amide bonds. The van der Waals surface area contributed by atoms with Gasteiger partial charge in [-0.2, -0.15) is 0 Å². The van der Waals surface area contributed by atoms with Crippen molar-refractivity contribution in [1.82, 2.24) is 4.98 Å². The summed E-state index contributed by atoms with van der Waals surface area (Å²) in [7, 11) is 7.87. The second-order valence-electron chi connectivity index (χ2n) is 8.18. The molecule has 196 valence electrons. The van der Waals surface area contributed by atoms with E-state index in [9.17, 15) is 4.79 Å². The van der Waals surface area contributed by atoms with Gasteiger partial charge in [0.05, 0.1) is 35.5 Å². The van der Waals surface area contributed by atoms with Crippen molar-refractivity contribution in [2.75, 3.05) is 40.9 Å². The van der Waals surface area contributed by atoms with Gasteiger partial charge in [-0.25, -0.2) is 0 Å². The van der Waals surface area contributed by atoms with Gasteiger partial charge >= 0.3 is 0 Å². The number of anilines is 1. The van der Waals surface area contributed by atoms with Crippen molar-refractivity contribution in [2.45, 2.75) is 0 Å². The Kier molecular flexibility index (Phi) is 8.23. The first-order chi connectivity index (χ1) is 18.5. The van der Waals surface area contributed by atoms with Gasteiger partial charge in [0.2, 0.25) is 5.75 Å². The van der Waals surface area contributed by atoms with Gasteiger partial charge in [0.1, 0.15) is 0 Å². The van der Waals surface area contributed by atoms with Gasteiger partial charge < -0.3 is 34.0 Å². The second-order valence-corrected chi connectivity index (χ2v) is 8.18. The molecule has 0 saturated carbocycles. The Bertz CT molecular complexity index is 1480. The molecule has 0 radical (unpaired) electrons. The first-order valence-corrected chi connectivity index (χ1v) is 11.8. The standard InChI is InChI=1S/C30H30N2O6/c1-34-26-16-20(11-10-19-14-28(36-3)30(38-5)29(15-19)37-4)24(17-27(26)35-2)31-13-12-25(33)22-18-32-23-9-7-6-8-21(22)23/h6-18,31-32H,1-5H3/b11-10?,13-12-. The summed E-state index contributed by atoms with van der Waals surface area (Å²) in [4.78, 5) is 16.0. The van der Waals surface area contributed by atoms with Crippen LogP contribution in [0.4, 0.5) is 5.69 Å². The minimum absolute atomic E-state index is 0.120. The molecule has 0 aliphatic heterocycles. The van der Waals surface area contributed by atoms with Crippen LogP contribution in [0.25, 0.3) is 23.1 Å². The van der Waals surface area contributed by atoms with E-state index in [2.05, 4.69) is 10.3 Å². The fourth-order valence-corrected chi connectivity index (χ4v) is 4.11. The zero-order valence-electron chi connectivity index (χ0n) is 22.0. The molecule has 0 bridgehead atoms. The Balaban J connectivity index is 1.64. The summed E-state index contributed by atoms with van der Waals surface area (Å²) in [6.45, 7) is 0. The summed E-state index contributed by atoms with van der Waals surface area (Å²) >= 11 is 0. The lowest BCUT2D eigenvalue weighted by Gasteiger charge is -2.14. The molecule has 0 unspecified atom stereocenters. The Morgan fingerprint density at radius 3 is 2.11 bits per heavy atom. The molecule has 38 heavy (non-hydrogen) atoms. The van der Waals surface area contributed by atoms with Crippen molar-refractivity contribution in [2.24, 2.45) is 0 Å². The smallest absolute Gasteiger partial charge is 0.203 e. The maximum atomic E-state index is 12.9. The number of carbonyl (C=O) groups excluding carboxylic acids is 1. The highest BCUT2D eigenvalue weighted by atomic mass is 16.5. The quantitative estimate of drug-likeness (QED) is 0.140. The Morgan fingerprint density at radius 2 is 1.45 bits per heavy atom.